The lowest BCUT2D eigenvalue weighted by atomic mass is 9.84. The quantitative estimate of drug-likeness (QED) is 0.672. The highest BCUT2D eigenvalue weighted by Crippen LogP contribution is 2.33. The molecule has 7 heteroatoms. The molecule has 2 saturated carbocycles. The van der Waals surface area contributed by atoms with Crippen molar-refractivity contribution >= 4 is 17.6 Å². The molecular weight excluding hydrogens is 402 g/mol. The number of aromatic nitrogens is 2. The summed E-state index contributed by atoms with van der Waals surface area (Å²) in [4.78, 5) is 31.7. The summed E-state index contributed by atoms with van der Waals surface area (Å²) >= 11 is 0. The van der Waals surface area contributed by atoms with Gasteiger partial charge in [-0.3, -0.25) is 9.59 Å². The topological polar surface area (TPSA) is 69.6 Å². The van der Waals surface area contributed by atoms with E-state index in [0.29, 0.717) is 19.0 Å². The van der Waals surface area contributed by atoms with Gasteiger partial charge in [0.25, 0.3) is 0 Å². The van der Waals surface area contributed by atoms with E-state index in [-0.39, 0.29) is 24.3 Å². The zero-order valence-electron chi connectivity index (χ0n) is 18.5. The van der Waals surface area contributed by atoms with E-state index in [4.69, 9.17) is 0 Å². The van der Waals surface area contributed by atoms with Crippen LogP contribution in [0.3, 0.4) is 0 Å². The first-order valence-corrected chi connectivity index (χ1v) is 11.9. The van der Waals surface area contributed by atoms with Crippen molar-refractivity contribution in [2.45, 2.75) is 32.1 Å². The van der Waals surface area contributed by atoms with Crippen LogP contribution in [0.15, 0.2) is 42.5 Å². The van der Waals surface area contributed by atoms with Crippen LogP contribution in [0.2, 0.25) is 0 Å². The molecule has 0 unspecified atom stereocenters. The molecule has 1 aromatic carbocycles. The molecule has 0 N–H and O–H groups in total. The molecule has 3 aliphatic rings. The van der Waals surface area contributed by atoms with Crippen molar-refractivity contribution in [3.05, 3.63) is 42.5 Å². The number of carbonyl (C=O) groups is 2. The summed E-state index contributed by atoms with van der Waals surface area (Å²) in [6.07, 6.45) is 5.48. The third-order valence-corrected chi connectivity index (χ3v) is 6.94. The lowest BCUT2D eigenvalue weighted by molar-refractivity contribution is -0.145. The molecule has 2 aliphatic carbocycles. The monoisotopic (exact) mass is 433 g/mol. The number of nitrogens with zero attached hydrogens (tertiary/aromatic N) is 5. The van der Waals surface area contributed by atoms with E-state index in [1.165, 1.54) is 12.8 Å². The van der Waals surface area contributed by atoms with Gasteiger partial charge in [-0.05, 0) is 43.7 Å². The molecule has 7 nitrogen and oxygen atoms in total. The second kappa shape index (κ2) is 9.27. The van der Waals surface area contributed by atoms with Crippen LogP contribution < -0.4 is 4.90 Å². The maximum atomic E-state index is 13.0. The Balaban J connectivity index is 1.15. The van der Waals surface area contributed by atoms with Gasteiger partial charge in [-0.2, -0.15) is 0 Å². The van der Waals surface area contributed by atoms with Gasteiger partial charge in [-0.25, -0.2) is 0 Å². The molecule has 2 heterocycles. The molecule has 0 atom stereocenters. The van der Waals surface area contributed by atoms with Gasteiger partial charge in [0.05, 0.1) is 12.2 Å². The van der Waals surface area contributed by atoms with Crippen LogP contribution in [-0.4, -0.2) is 71.1 Å². The third-order valence-electron chi connectivity index (χ3n) is 6.94. The van der Waals surface area contributed by atoms with Gasteiger partial charge in [0, 0.05) is 44.2 Å². The van der Waals surface area contributed by atoms with Crippen molar-refractivity contribution in [1.82, 2.24) is 20.0 Å². The van der Waals surface area contributed by atoms with Crippen LogP contribution >= 0.6 is 0 Å². The molecule has 168 valence electrons. The first-order valence-electron chi connectivity index (χ1n) is 11.9. The summed E-state index contributed by atoms with van der Waals surface area (Å²) in [5.74, 6) is 1.86. The molecular formula is C25H31N5O2. The number of hydrogen-bond donors (Lipinski definition) is 0. The minimum absolute atomic E-state index is 0.0727. The first-order chi connectivity index (χ1) is 15.7. The van der Waals surface area contributed by atoms with E-state index in [9.17, 15) is 9.59 Å². The largest absolute Gasteiger partial charge is 0.352 e. The van der Waals surface area contributed by atoms with E-state index in [1.54, 1.807) is 0 Å². The fourth-order valence-electron chi connectivity index (χ4n) is 4.46. The number of anilines is 1. The number of benzene rings is 1. The van der Waals surface area contributed by atoms with Crippen LogP contribution in [0.25, 0.3) is 11.3 Å². The predicted octanol–water partition coefficient (Wildman–Crippen LogP) is 2.83. The minimum atomic E-state index is 0.0727. The van der Waals surface area contributed by atoms with Crippen molar-refractivity contribution in [1.29, 1.82) is 0 Å². The summed E-state index contributed by atoms with van der Waals surface area (Å²) < 4.78 is 0. The summed E-state index contributed by atoms with van der Waals surface area (Å²) in [5.41, 5.74) is 1.91. The van der Waals surface area contributed by atoms with Crippen molar-refractivity contribution in [2.75, 3.05) is 44.2 Å². The highest BCUT2D eigenvalue weighted by molar-refractivity contribution is 5.86. The number of hydrogen-bond acceptors (Lipinski definition) is 5. The number of amides is 2. The van der Waals surface area contributed by atoms with Gasteiger partial charge >= 0.3 is 0 Å². The van der Waals surface area contributed by atoms with E-state index in [0.717, 1.165) is 56.0 Å². The van der Waals surface area contributed by atoms with Crippen molar-refractivity contribution in [3.8, 4) is 11.3 Å². The number of carbonyl (C=O) groups excluding carboxylic acids is 2. The molecule has 3 fully saturated rings. The average Bonchev–Trinajstić information content (AvgIpc) is 3.62. The standard InChI is InChI=1S/C25H31N5O2/c31-24(18-30(17-19-9-10-19)25(32)21-7-4-8-21)29-15-13-28(14-16-29)23-12-11-22(26-27-23)20-5-2-1-3-6-20/h1-3,5-6,11-12,19,21H,4,7-10,13-18H2. The Morgan fingerprint density at radius 3 is 2.25 bits per heavy atom. The Hall–Kier alpha value is -2.96. The zero-order valence-corrected chi connectivity index (χ0v) is 18.5. The minimum Gasteiger partial charge on any atom is -0.352 e. The van der Waals surface area contributed by atoms with Gasteiger partial charge in [-0.15, -0.1) is 10.2 Å². The van der Waals surface area contributed by atoms with Crippen LogP contribution in [0.4, 0.5) is 5.82 Å². The fourth-order valence-corrected chi connectivity index (χ4v) is 4.46. The van der Waals surface area contributed by atoms with E-state index in [2.05, 4.69) is 15.1 Å². The maximum absolute atomic E-state index is 13.0. The molecule has 5 rings (SSSR count). The number of rotatable bonds is 7. The second-order valence-electron chi connectivity index (χ2n) is 9.30. The smallest absolute Gasteiger partial charge is 0.242 e. The van der Waals surface area contributed by atoms with Crippen molar-refractivity contribution in [3.63, 3.8) is 0 Å². The van der Waals surface area contributed by atoms with Gasteiger partial charge < -0.3 is 14.7 Å². The average molecular weight is 434 g/mol. The number of piperazine rings is 1. The highest BCUT2D eigenvalue weighted by Gasteiger charge is 2.35. The molecule has 0 radical (unpaired) electrons. The van der Waals surface area contributed by atoms with Crippen LogP contribution in [0.1, 0.15) is 32.1 Å². The summed E-state index contributed by atoms with van der Waals surface area (Å²) in [6.45, 7) is 3.74. The highest BCUT2D eigenvalue weighted by atomic mass is 16.2. The zero-order chi connectivity index (χ0) is 21.9. The van der Waals surface area contributed by atoms with E-state index < -0.39 is 0 Å². The van der Waals surface area contributed by atoms with Crippen molar-refractivity contribution in [2.24, 2.45) is 11.8 Å². The van der Waals surface area contributed by atoms with Crippen LogP contribution in [0.5, 0.6) is 0 Å². The molecule has 0 bridgehead atoms. The van der Waals surface area contributed by atoms with E-state index in [1.807, 2.05) is 52.3 Å². The SMILES string of the molecule is O=C(CN(CC1CC1)C(=O)C1CCC1)N1CCN(c2ccc(-c3ccccc3)nn2)CC1. The Labute approximate surface area is 189 Å². The van der Waals surface area contributed by atoms with Gasteiger partial charge in [0.1, 0.15) is 0 Å². The van der Waals surface area contributed by atoms with Crippen LogP contribution in [0, 0.1) is 11.8 Å². The van der Waals surface area contributed by atoms with Crippen molar-refractivity contribution < 1.29 is 9.59 Å². The molecule has 2 amide bonds. The molecule has 1 saturated heterocycles. The fraction of sp³-hybridized carbons (Fsp3) is 0.520. The summed E-state index contributed by atoms with van der Waals surface area (Å²) in [5, 5.41) is 8.80. The normalized spacial score (nSPS) is 18.9. The Bertz CT molecular complexity index is 933. The predicted molar refractivity (Wildman–Crippen MR) is 123 cm³/mol. The Kier molecular flexibility index (Phi) is 6.06. The lowest BCUT2D eigenvalue weighted by Gasteiger charge is -2.37. The molecule has 1 aromatic heterocycles. The molecule has 2 aromatic rings. The summed E-state index contributed by atoms with van der Waals surface area (Å²) in [7, 11) is 0. The second-order valence-corrected chi connectivity index (χ2v) is 9.30. The Morgan fingerprint density at radius 2 is 1.66 bits per heavy atom. The summed E-state index contributed by atoms with van der Waals surface area (Å²) in [6, 6.07) is 14.0. The van der Waals surface area contributed by atoms with Gasteiger partial charge in [-0.1, -0.05) is 36.8 Å². The van der Waals surface area contributed by atoms with E-state index >= 15 is 0 Å². The van der Waals surface area contributed by atoms with Crippen LogP contribution in [-0.2, 0) is 9.59 Å². The molecule has 1 aliphatic heterocycles. The molecule has 0 spiro atoms. The van der Waals surface area contributed by atoms with Gasteiger partial charge in [0.2, 0.25) is 11.8 Å². The first kappa shape index (κ1) is 20.9. The Morgan fingerprint density at radius 1 is 0.906 bits per heavy atom. The third kappa shape index (κ3) is 4.76. The lowest BCUT2D eigenvalue weighted by Crippen LogP contribution is -2.53. The maximum Gasteiger partial charge on any atom is 0.242 e. The van der Waals surface area contributed by atoms with Gasteiger partial charge in [0.15, 0.2) is 5.82 Å². The molecule has 32 heavy (non-hydrogen) atoms.